The molecule has 0 aliphatic heterocycles. The van der Waals surface area contributed by atoms with Gasteiger partial charge in [-0.15, -0.1) is 0 Å². The molecular formula is C20H23N3O. The summed E-state index contributed by atoms with van der Waals surface area (Å²) in [5.74, 6) is 0.320. The fourth-order valence-corrected chi connectivity index (χ4v) is 2.83. The number of nitrogens with one attached hydrogen (secondary N) is 1. The van der Waals surface area contributed by atoms with Gasteiger partial charge < -0.3 is 10.4 Å². The standard InChI is InChI=1S/C20H23N3O/c24-12-11-19(18-7-3-1-4-8-18)15-21-13-17-14-22-23(16-17)20-9-5-2-6-10-20/h1-10,14,16,19,21,24H,11-13,15H2. The summed E-state index contributed by atoms with van der Waals surface area (Å²) in [6, 6.07) is 20.4. The third kappa shape index (κ3) is 4.31. The number of aliphatic hydroxyl groups excluding tert-OH is 1. The molecular weight excluding hydrogens is 298 g/mol. The third-order valence-corrected chi connectivity index (χ3v) is 4.13. The van der Waals surface area contributed by atoms with Crippen LogP contribution in [0.1, 0.15) is 23.5 Å². The van der Waals surface area contributed by atoms with Crippen LogP contribution in [0.2, 0.25) is 0 Å². The van der Waals surface area contributed by atoms with Crippen molar-refractivity contribution in [1.82, 2.24) is 15.1 Å². The number of benzene rings is 2. The van der Waals surface area contributed by atoms with E-state index in [4.69, 9.17) is 0 Å². The molecule has 0 aliphatic carbocycles. The molecule has 1 atom stereocenters. The summed E-state index contributed by atoms with van der Waals surface area (Å²) in [5, 5.41) is 17.2. The third-order valence-electron chi connectivity index (χ3n) is 4.13. The second kappa shape index (κ2) is 8.43. The molecule has 4 heteroatoms. The van der Waals surface area contributed by atoms with Crippen molar-refractivity contribution in [3.05, 3.63) is 84.2 Å². The smallest absolute Gasteiger partial charge is 0.0645 e. The van der Waals surface area contributed by atoms with Gasteiger partial charge in [-0.25, -0.2) is 4.68 Å². The Morgan fingerprint density at radius 3 is 2.42 bits per heavy atom. The quantitative estimate of drug-likeness (QED) is 0.670. The SMILES string of the molecule is OCCC(CNCc1cnn(-c2ccccc2)c1)c1ccccc1. The maximum absolute atomic E-state index is 9.30. The van der Waals surface area contributed by atoms with Gasteiger partial charge in [0, 0.05) is 31.5 Å². The van der Waals surface area contributed by atoms with Gasteiger partial charge in [0.05, 0.1) is 11.9 Å². The van der Waals surface area contributed by atoms with Crippen LogP contribution in [0.15, 0.2) is 73.1 Å². The van der Waals surface area contributed by atoms with Crippen molar-refractivity contribution in [3.63, 3.8) is 0 Å². The predicted molar refractivity (Wildman–Crippen MR) is 96.2 cm³/mol. The van der Waals surface area contributed by atoms with E-state index in [1.807, 2.05) is 65.6 Å². The van der Waals surface area contributed by atoms with E-state index in [1.165, 1.54) is 5.56 Å². The van der Waals surface area contributed by atoms with Crippen molar-refractivity contribution in [2.45, 2.75) is 18.9 Å². The maximum Gasteiger partial charge on any atom is 0.0645 e. The molecule has 1 aromatic heterocycles. The van der Waals surface area contributed by atoms with Gasteiger partial charge in [-0.3, -0.25) is 0 Å². The van der Waals surface area contributed by atoms with Gasteiger partial charge in [0.1, 0.15) is 0 Å². The predicted octanol–water partition coefficient (Wildman–Crippen LogP) is 3.13. The Morgan fingerprint density at radius 2 is 1.71 bits per heavy atom. The van der Waals surface area contributed by atoms with Crippen LogP contribution in [0, 0.1) is 0 Å². The van der Waals surface area contributed by atoms with Crippen LogP contribution in [0.5, 0.6) is 0 Å². The zero-order valence-electron chi connectivity index (χ0n) is 13.7. The molecule has 1 unspecified atom stereocenters. The molecule has 0 amide bonds. The van der Waals surface area contributed by atoms with E-state index in [-0.39, 0.29) is 6.61 Å². The minimum Gasteiger partial charge on any atom is -0.396 e. The van der Waals surface area contributed by atoms with Gasteiger partial charge >= 0.3 is 0 Å². The molecule has 3 rings (SSSR count). The lowest BCUT2D eigenvalue weighted by atomic mass is 9.96. The molecule has 2 aromatic carbocycles. The summed E-state index contributed by atoms with van der Waals surface area (Å²) < 4.78 is 1.89. The summed E-state index contributed by atoms with van der Waals surface area (Å²) in [5.41, 5.74) is 3.47. The topological polar surface area (TPSA) is 50.1 Å². The second-order valence-electron chi connectivity index (χ2n) is 5.88. The van der Waals surface area contributed by atoms with E-state index in [2.05, 4.69) is 22.5 Å². The van der Waals surface area contributed by atoms with Crippen LogP contribution in [-0.4, -0.2) is 28.0 Å². The number of hydrogen-bond donors (Lipinski definition) is 2. The molecule has 24 heavy (non-hydrogen) atoms. The highest BCUT2D eigenvalue weighted by atomic mass is 16.3. The van der Waals surface area contributed by atoms with Gasteiger partial charge in [-0.05, 0) is 30.0 Å². The Kier molecular flexibility index (Phi) is 5.77. The van der Waals surface area contributed by atoms with Gasteiger partial charge in [0.25, 0.3) is 0 Å². The Morgan fingerprint density at radius 1 is 1.00 bits per heavy atom. The first-order valence-electron chi connectivity index (χ1n) is 8.32. The number of aromatic nitrogens is 2. The second-order valence-corrected chi connectivity index (χ2v) is 5.88. The largest absolute Gasteiger partial charge is 0.396 e. The van der Waals surface area contributed by atoms with Crippen molar-refractivity contribution in [1.29, 1.82) is 0 Å². The highest BCUT2D eigenvalue weighted by Crippen LogP contribution is 2.18. The first-order chi connectivity index (χ1) is 11.9. The molecule has 0 saturated heterocycles. The molecule has 124 valence electrons. The van der Waals surface area contributed by atoms with E-state index in [1.54, 1.807) is 0 Å². The van der Waals surface area contributed by atoms with Crippen LogP contribution in [0.25, 0.3) is 5.69 Å². The number of para-hydroxylation sites is 1. The normalized spacial score (nSPS) is 12.2. The van der Waals surface area contributed by atoms with Crippen molar-refractivity contribution >= 4 is 0 Å². The minimum atomic E-state index is 0.202. The van der Waals surface area contributed by atoms with Crippen molar-refractivity contribution < 1.29 is 5.11 Å². The van der Waals surface area contributed by atoms with Crippen molar-refractivity contribution in [2.24, 2.45) is 0 Å². The average Bonchev–Trinajstić information content (AvgIpc) is 3.11. The minimum absolute atomic E-state index is 0.202. The molecule has 3 aromatic rings. The van der Waals surface area contributed by atoms with Crippen molar-refractivity contribution in [3.8, 4) is 5.69 Å². The molecule has 0 saturated carbocycles. The molecule has 0 fully saturated rings. The van der Waals surface area contributed by atoms with E-state index in [0.717, 1.165) is 30.8 Å². The lowest BCUT2D eigenvalue weighted by molar-refractivity contribution is 0.273. The summed E-state index contributed by atoms with van der Waals surface area (Å²) in [4.78, 5) is 0. The highest BCUT2D eigenvalue weighted by Gasteiger charge is 2.10. The summed E-state index contributed by atoms with van der Waals surface area (Å²) in [7, 11) is 0. The average molecular weight is 321 g/mol. The number of nitrogens with zero attached hydrogens (tertiary/aromatic N) is 2. The van der Waals surface area contributed by atoms with E-state index in [9.17, 15) is 5.11 Å². The van der Waals surface area contributed by atoms with Gasteiger partial charge in [-0.2, -0.15) is 5.10 Å². The Bertz CT molecular complexity index is 725. The number of rotatable bonds is 8. The van der Waals surface area contributed by atoms with E-state index < -0.39 is 0 Å². The molecule has 0 bridgehead atoms. The Labute approximate surface area is 142 Å². The molecule has 0 radical (unpaired) electrons. The lowest BCUT2D eigenvalue weighted by Gasteiger charge is -2.16. The van der Waals surface area contributed by atoms with Crippen LogP contribution in [0.3, 0.4) is 0 Å². The molecule has 2 N–H and O–H groups in total. The van der Waals surface area contributed by atoms with E-state index in [0.29, 0.717) is 5.92 Å². The molecule has 0 aliphatic rings. The number of aliphatic hydroxyl groups is 1. The van der Waals surface area contributed by atoms with Gasteiger partial charge in [-0.1, -0.05) is 48.5 Å². The summed E-state index contributed by atoms with van der Waals surface area (Å²) in [6.45, 7) is 1.80. The summed E-state index contributed by atoms with van der Waals surface area (Å²) in [6.07, 6.45) is 4.70. The monoisotopic (exact) mass is 321 g/mol. The lowest BCUT2D eigenvalue weighted by Crippen LogP contribution is -2.22. The zero-order chi connectivity index (χ0) is 16.6. The maximum atomic E-state index is 9.30. The Balaban J connectivity index is 1.56. The van der Waals surface area contributed by atoms with Gasteiger partial charge in [0.2, 0.25) is 0 Å². The van der Waals surface area contributed by atoms with Crippen LogP contribution >= 0.6 is 0 Å². The highest BCUT2D eigenvalue weighted by molar-refractivity contribution is 5.30. The fraction of sp³-hybridized carbons (Fsp3) is 0.250. The molecule has 0 spiro atoms. The molecule has 4 nitrogen and oxygen atoms in total. The zero-order valence-corrected chi connectivity index (χ0v) is 13.7. The Hall–Kier alpha value is -2.43. The van der Waals surface area contributed by atoms with Crippen LogP contribution in [0.4, 0.5) is 0 Å². The first-order valence-corrected chi connectivity index (χ1v) is 8.32. The van der Waals surface area contributed by atoms with E-state index >= 15 is 0 Å². The number of hydrogen-bond acceptors (Lipinski definition) is 3. The van der Waals surface area contributed by atoms with Gasteiger partial charge in [0.15, 0.2) is 0 Å². The summed E-state index contributed by atoms with van der Waals surface area (Å²) >= 11 is 0. The van der Waals surface area contributed by atoms with Crippen LogP contribution in [-0.2, 0) is 6.54 Å². The fourth-order valence-electron chi connectivity index (χ4n) is 2.83. The van der Waals surface area contributed by atoms with Crippen molar-refractivity contribution in [2.75, 3.05) is 13.2 Å². The first kappa shape index (κ1) is 16.4. The van der Waals surface area contributed by atoms with Crippen LogP contribution < -0.4 is 5.32 Å². The molecule has 1 heterocycles.